The second-order valence-electron chi connectivity index (χ2n) is 3.62. The lowest BCUT2D eigenvalue weighted by Gasteiger charge is -2.30. The van der Waals surface area contributed by atoms with E-state index in [1.54, 1.807) is 14.2 Å². The highest BCUT2D eigenvalue weighted by Gasteiger charge is 2.31. The molecule has 1 heterocycles. The van der Waals surface area contributed by atoms with Crippen molar-refractivity contribution in [2.45, 2.75) is 18.6 Å². The zero-order chi connectivity index (χ0) is 11.3. The Labute approximate surface area is 91.0 Å². The van der Waals surface area contributed by atoms with Gasteiger partial charge in [-0.3, -0.25) is 0 Å². The Kier molecular flexibility index (Phi) is 4.32. The second kappa shape index (κ2) is 5.30. The molecule has 0 radical (unpaired) electrons. The van der Waals surface area contributed by atoms with Crippen molar-refractivity contribution >= 4 is 0 Å². The average Bonchev–Trinajstić information content (AvgIpc) is 2.68. The van der Waals surface area contributed by atoms with E-state index in [4.69, 9.17) is 15.2 Å². The van der Waals surface area contributed by atoms with Crippen LogP contribution in [0.5, 0.6) is 0 Å². The minimum atomic E-state index is -0.652. The molecule has 1 aromatic rings. The van der Waals surface area contributed by atoms with Gasteiger partial charge in [0.25, 0.3) is 0 Å². The summed E-state index contributed by atoms with van der Waals surface area (Å²) in [6.45, 7) is 0.640. The first-order valence-corrected chi connectivity index (χ1v) is 5.11. The van der Waals surface area contributed by atoms with E-state index in [0.717, 1.165) is 18.4 Å². The molecule has 0 saturated heterocycles. The number of methoxy groups -OCH3 is 2. The summed E-state index contributed by atoms with van der Waals surface area (Å²) >= 11 is 0. The summed E-state index contributed by atoms with van der Waals surface area (Å²) in [4.78, 5) is 0. The number of nitrogens with two attached hydrogens (primary N) is 1. The largest absolute Gasteiger partial charge is 0.357 e. The third-order valence-electron chi connectivity index (χ3n) is 2.64. The quantitative estimate of drug-likeness (QED) is 0.721. The zero-order valence-electron chi connectivity index (χ0n) is 9.69. The smallest absolute Gasteiger partial charge is 0.195 e. The maximum absolute atomic E-state index is 5.51. The van der Waals surface area contributed by atoms with E-state index in [9.17, 15) is 0 Å². The van der Waals surface area contributed by atoms with Crippen LogP contribution in [0, 0.1) is 0 Å². The molecule has 0 fully saturated rings. The van der Waals surface area contributed by atoms with Crippen LogP contribution in [-0.2, 0) is 22.3 Å². The lowest BCUT2D eigenvalue weighted by Crippen LogP contribution is -2.31. The highest BCUT2D eigenvalue weighted by atomic mass is 16.7. The van der Waals surface area contributed by atoms with Gasteiger partial charge in [0.1, 0.15) is 0 Å². The van der Waals surface area contributed by atoms with E-state index in [-0.39, 0.29) is 0 Å². The Bertz CT molecular complexity index is 293. The predicted octanol–water partition coefficient (Wildman–Crippen LogP) is 1.21. The Hall–Kier alpha value is -0.840. The molecule has 0 atom stereocenters. The van der Waals surface area contributed by atoms with E-state index in [2.05, 4.69) is 0 Å². The van der Waals surface area contributed by atoms with Gasteiger partial charge in [0.2, 0.25) is 0 Å². The number of hydrogen-bond donors (Lipinski definition) is 1. The molecule has 0 aliphatic heterocycles. The molecule has 2 N–H and O–H groups in total. The third-order valence-corrected chi connectivity index (χ3v) is 2.64. The van der Waals surface area contributed by atoms with Gasteiger partial charge in [-0.15, -0.1) is 0 Å². The normalized spacial score (nSPS) is 12.0. The summed E-state index contributed by atoms with van der Waals surface area (Å²) in [6, 6.07) is 2.00. The van der Waals surface area contributed by atoms with Crippen LogP contribution in [0.3, 0.4) is 0 Å². The van der Waals surface area contributed by atoms with E-state index in [0.29, 0.717) is 6.54 Å². The molecule has 15 heavy (non-hydrogen) atoms. The third kappa shape index (κ3) is 2.59. The summed E-state index contributed by atoms with van der Waals surface area (Å²) in [5.41, 5.74) is 6.54. The zero-order valence-corrected chi connectivity index (χ0v) is 9.69. The van der Waals surface area contributed by atoms with Crippen molar-refractivity contribution in [3.63, 3.8) is 0 Å². The molecule has 0 spiro atoms. The van der Waals surface area contributed by atoms with Gasteiger partial charge >= 0.3 is 0 Å². The van der Waals surface area contributed by atoms with Crippen molar-refractivity contribution in [1.29, 1.82) is 0 Å². The molecular weight excluding hydrogens is 192 g/mol. The molecule has 86 valence electrons. The predicted molar refractivity (Wildman–Crippen MR) is 59.4 cm³/mol. The molecule has 0 amide bonds. The van der Waals surface area contributed by atoms with E-state index < -0.39 is 5.79 Å². The van der Waals surface area contributed by atoms with Gasteiger partial charge in [-0.25, -0.2) is 0 Å². The highest BCUT2D eigenvalue weighted by molar-refractivity contribution is 5.17. The summed E-state index contributed by atoms with van der Waals surface area (Å²) < 4.78 is 13.0. The van der Waals surface area contributed by atoms with Gasteiger partial charge < -0.3 is 19.8 Å². The van der Waals surface area contributed by atoms with Crippen LogP contribution < -0.4 is 5.73 Å². The molecule has 0 aliphatic carbocycles. The van der Waals surface area contributed by atoms with Crippen LogP contribution in [-0.4, -0.2) is 25.3 Å². The van der Waals surface area contributed by atoms with Crippen molar-refractivity contribution in [2.75, 3.05) is 20.8 Å². The molecule has 0 bridgehead atoms. The van der Waals surface area contributed by atoms with Gasteiger partial charge in [0.15, 0.2) is 5.79 Å². The Morgan fingerprint density at radius 3 is 2.47 bits per heavy atom. The van der Waals surface area contributed by atoms with Gasteiger partial charge in [-0.1, -0.05) is 0 Å². The number of nitrogens with zero attached hydrogens (tertiary/aromatic N) is 1. The van der Waals surface area contributed by atoms with Crippen molar-refractivity contribution in [3.8, 4) is 0 Å². The highest BCUT2D eigenvalue weighted by Crippen LogP contribution is 2.30. The average molecular weight is 212 g/mol. The molecular formula is C11H20N2O2. The molecule has 0 unspecified atom stereocenters. The monoisotopic (exact) mass is 212 g/mol. The number of aromatic nitrogens is 1. The lowest BCUT2D eigenvalue weighted by atomic mass is 10.0. The van der Waals surface area contributed by atoms with Gasteiger partial charge in [-0.2, -0.15) is 0 Å². The summed E-state index contributed by atoms with van der Waals surface area (Å²) in [6.07, 6.45) is 5.62. The van der Waals surface area contributed by atoms with E-state index >= 15 is 0 Å². The van der Waals surface area contributed by atoms with Crippen LogP contribution in [0.25, 0.3) is 0 Å². The molecule has 1 aromatic heterocycles. The fourth-order valence-corrected chi connectivity index (χ4v) is 1.73. The van der Waals surface area contributed by atoms with E-state index in [1.807, 2.05) is 30.1 Å². The second-order valence-corrected chi connectivity index (χ2v) is 3.62. The fraction of sp³-hybridized carbons (Fsp3) is 0.636. The summed E-state index contributed by atoms with van der Waals surface area (Å²) in [5, 5.41) is 0. The van der Waals surface area contributed by atoms with Crippen LogP contribution in [0.15, 0.2) is 18.5 Å². The van der Waals surface area contributed by atoms with Crippen molar-refractivity contribution in [2.24, 2.45) is 12.8 Å². The van der Waals surface area contributed by atoms with Crippen LogP contribution in [0.4, 0.5) is 0 Å². The minimum absolute atomic E-state index is 0.640. The number of aryl methyl sites for hydroxylation is 1. The minimum Gasteiger partial charge on any atom is -0.357 e. The topological polar surface area (TPSA) is 49.4 Å². The molecule has 0 saturated carbocycles. The van der Waals surface area contributed by atoms with Gasteiger partial charge in [0.05, 0.1) is 0 Å². The number of ether oxygens (including phenoxy) is 2. The molecule has 0 aromatic carbocycles. The first-order chi connectivity index (χ1) is 7.18. The molecule has 1 rings (SSSR count). The summed E-state index contributed by atoms with van der Waals surface area (Å²) in [5.74, 6) is -0.652. The standard InChI is InChI=1S/C11H20N2O2/c1-13-8-5-10(9-13)11(14-2,15-3)6-4-7-12/h5,8-9H,4,6-7,12H2,1-3H3. The molecule has 0 aliphatic rings. The van der Waals surface area contributed by atoms with Crippen molar-refractivity contribution < 1.29 is 9.47 Å². The SMILES string of the molecule is COC(CCCN)(OC)c1ccn(C)c1. The Morgan fingerprint density at radius 2 is 2.07 bits per heavy atom. The van der Waals surface area contributed by atoms with Crippen LogP contribution in [0.1, 0.15) is 18.4 Å². The fourth-order valence-electron chi connectivity index (χ4n) is 1.73. The maximum Gasteiger partial charge on any atom is 0.195 e. The van der Waals surface area contributed by atoms with Crippen molar-refractivity contribution in [3.05, 3.63) is 24.0 Å². The first kappa shape index (κ1) is 12.2. The lowest BCUT2D eigenvalue weighted by molar-refractivity contribution is -0.220. The van der Waals surface area contributed by atoms with Crippen LogP contribution >= 0.6 is 0 Å². The van der Waals surface area contributed by atoms with Gasteiger partial charge in [-0.05, 0) is 19.0 Å². The molecule has 4 nitrogen and oxygen atoms in total. The molecule has 4 heteroatoms. The first-order valence-electron chi connectivity index (χ1n) is 5.11. The van der Waals surface area contributed by atoms with Gasteiger partial charge in [0, 0.05) is 45.6 Å². The number of hydrogen-bond acceptors (Lipinski definition) is 3. The Morgan fingerprint density at radius 1 is 1.40 bits per heavy atom. The maximum atomic E-state index is 5.51. The van der Waals surface area contributed by atoms with Crippen LogP contribution in [0.2, 0.25) is 0 Å². The van der Waals surface area contributed by atoms with Crippen molar-refractivity contribution in [1.82, 2.24) is 4.57 Å². The number of rotatable bonds is 6. The van der Waals surface area contributed by atoms with E-state index in [1.165, 1.54) is 0 Å². The summed E-state index contributed by atoms with van der Waals surface area (Å²) in [7, 11) is 5.29. The Balaban J connectivity index is 2.88.